The van der Waals surface area contributed by atoms with Crippen LogP contribution in [0.1, 0.15) is 39.3 Å². The molecule has 0 unspecified atom stereocenters. The molecular weight excluding hydrogens is 463 g/mol. The van der Waals surface area contributed by atoms with Crippen molar-refractivity contribution in [1.29, 1.82) is 0 Å². The zero-order valence-electron chi connectivity index (χ0n) is 18.4. The molecule has 2 heterocycles. The van der Waals surface area contributed by atoms with Gasteiger partial charge in [-0.2, -0.15) is 18.3 Å². The van der Waals surface area contributed by atoms with Crippen molar-refractivity contribution in [3.63, 3.8) is 0 Å². The number of alkyl halides is 3. The van der Waals surface area contributed by atoms with Gasteiger partial charge in [0.05, 0.1) is 17.8 Å². The number of nitrogens with two attached hydrogens (primary N) is 1. The van der Waals surface area contributed by atoms with Crippen molar-refractivity contribution in [3.05, 3.63) is 82.5 Å². The molecule has 0 saturated heterocycles. The molecule has 3 N–H and O–H groups in total. The maximum Gasteiger partial charge on any atom is 0.416 e. The number of benzene rings is 2. The van der Waals surface area contributed by atoms with Crippen molar-refractivity contribution >= 4 is 17.2 Å². The number of thiazole rings is 1. The van der Waals surface area contributed by atoms with Crippen LogP contribution >= 0.6 is 11.3 Å². The smallest absolute Gasteiger partial charge is 0.345 e. The van der Waals surface area contributed by atoms with E-state index >= 15 is 0 Å². The number of rotatable bonds is 6. The van der Waals surface area contributed by atoms with Crippen molar-refractivity contribution in [2.75, 3.05) is 0 Å². The molecule has 2 aromatic heterocycles. The molecule has 4 aromatic rings. The van der Waals surface area contributed by atoms with Crippen LogP contribution in [0.5, 0.6) is 0 Å². The van der Waals surface area contributed by atoms with Gasteiger partial charge in [0.2, 0.25) is 0 Å². The van der Waals surface area contributed by atoms with E-state index in [-0.39, 0.29) is 18.5 Å². The van der Waals surface area contributed by atoms with Crippen molar-refractivity contribution < 1.29 is 18.0 Å². The summed E-state index contributed by atoms with van der Waals surface area (Å²) in [6.07, 6.45) is -1.12. The number of nitrogens with one attached hydrogen (secondary N) is 1. The number of carbonyl (C=O) groups is 1. The quantitative estimate of drug-likeness (QED) is 0.394. The fourth-order valence-electron chi connectivity index (χ4n) is 3.53. The van der Waals surface area contributed by atoms with E-state index in [2.05, 4.69) is 15.4 Å². The summed E-state index contributed by atoms with van der Waals surface area (Å²) in [7, 11) is 1.81. The van der Waals surface area contributed by atoms with Crippen molar-refractivity contribution in [3.8, 4) is 21.8 Å². The van der Waals surface area contributed by atoms with Crippen molar-refractivity contribution in [2.45, 2.75) is 25.7 Å². The van der Waals surface area contributed by atoms with E-state index < -0.39 is 11.7 Å². The summed E-state index contributed by atoms with van der Waals surface area (Å²) in [5, 5.41) is 7.87. The van der Waals surface area contributed by atoms with E-state index in [1.807, 2.05) is 20.0 Å². The summed E-state index contributed by atoms with van der Waals surface area (Å²) in [5.41, 5.74) is 8.20. The average Bonchev–Trinajstić information content (AvgIpc) is 3.47. The van der Waals surface area contributed by atoms with E-state index in [4.69, 9.17) is 5.73 Å². The van der Waals surface area contributed by atoms with Gasteiger partial charge in [-0.05, 0) is 47.4 Å². The second-order valence-electron chi connectivity index (χ2n) is 7.80. The first-order valence-electron chi connectivity index (χ1n) is 10.4. The lowest BCUT2D eigenvalue weighted by molar-refractivity contribution is -0.137. The zero-order valence-corrected chi connectivity index (χ0v) is 19.2. The molecule has 10 heteroatoms. The minimum Gasteiger partial charge on any atom is -0.345 e. The lowest BCUT2D eigenvalue weighted by Gasteiger charge is -2.16. The van der Waals surface area contributed by atoms with E-state index in [1.54, 1.807) is 35.1 Å². The van der Waals surface area contributed by atoms with E-state index in [9.17, 15) is 18.0 Å². The molecule has 2 aromatic carbocycles. The lowest BCUT2D eigenvalue weighted by atomic mass is 9.95. The lowest BCUT2D eigenvalue weighted by Crippen LogP contribution is -2.25. The number of amides is 1. The highest BCUT2D eigenvalue weighted by Crippen LogP contribution is 2.34. The number of carbonyl (C=O) groups excluding carboxylic acids is 1. The van der Waals surface area contributed by atoms with Gasteiger partial charge in [0.1, 0.15) is 15.6 Å². The van der Waals surface area contributed by atoms with Gasteiger partial charge >= 0.3 is 6.18 Å². The molecule has 4 rings (SSSR count). The predicted octanol–water partition coefficient (Wildman–Crippen LogP) is 5.18. The van der Waals surface area contributed by atoms with Gasteiger partial charge in [0.15, 0.2) is 0 Å². The minimum atomic E-state index is -4.44. The molecule has 1 atom stereocenters. The van der Waals surface area contributed by atoms with Crippen LogP contribution in [0, 0.1) is 0 Å². The standard InChI is InChI=1S/C24H22F3N5OS/c1-14(30-22(33)21-13-29-23(34-21)20-9-10-32(2)31-20)15-3-5-16(6-4-15)19-11-18(24(25,26)27)8-7-17(19)12-28/h3-11,13-14H,12,28H2,1-2H3,(H,30,33)/t14-/m1/s1. The SMILES string of the molecule is C[C@@H](NC(=O)c1cnc(-c2ccn(C)n2)s1)c1ccc(-c2cc(C(F)(F)F)ccc2CN)cc1. The number of aromatic nitrogens is 3. The Hall–Kier alpha value is -3.50. The Balaban J connectivity index is 1.49. The minimum absolute atomic E-state index is 0.122. The summed E-state index contributed by atoms with van der Waals surface area (Å²) in [5.74, 6) is -0.264. The van der Waals surface area contributed by atoms with Gasteiger partial charge in [-0.3, -0.25) is 9.48 Å². The number of halogens is 3. The van der Waals surface area contributed by atoms with Crippen LogP contribution < -0.4 is 11.1 Å². The Bertz CT molecular complexity index is 1310. The molecule has 34 heavy (non-hydrogen) atoms. The third-order valence-corrected chi connectivity index (χ3v) is 6.41. The molecular formula is C24H22F3N5OS. The first-order chi connectivity index (χ1) is 16.2. The molecule has 6 nitrogen and oxygen atoms in total. The second-order valence-corrected chi connectivity index (χ2v) is 8.83. The number of nitrogens with zero attached hydrogens (tertiary/aromatic N) is 3. The Kier molecular flexibility index (Phi) is 6.54. The number of hydrogen-bond donors (Lipinski definition) is 2. The normalized spacial score (nSPS) is 12.5. The highest BCUT2D eigenvalue weighted by atomic mass is 32.1. The van der Waals surface area contributed by atoms with Gasteiger partial charge in [-0.15, -0.1) is 11.3 Å². The molecule has 0 radical (unpaired) electrons. The Morgan fingerprint density at radius 3 is 2.53 bits per heavy atom. The maximum absolute atomic E-state index is 13.2. The van der Waals surface area contributed by atoms with Crippen LogP contribution in [0.15, 0.2) is 60.9 Å². The topological polar surface area (TPSA) is 85.8 Å². The van der Waals surface area contributed by atoms with Crippen LogP contribution in [0.25, 0.3) is 21.8 Å². The van der Waals surface area contributed by atoms with Crippen molar-refractivity contribution in [2.24, 2.45) is 12.8 Å². The summed E-state index contributed by atoms with van der Waals surface area (Å²) in [6, 6.07) is 12.1. The fraction of sp³-hybridized carbons (Fsp3) is 0.208. The predicted molar refractivity (Wildman–Crippen MR) is 125 cm³/mol. The zero-order chi connectivity index (χ0) is 24.5. The van der Waals surface area contributed by atoms with E-state index in [0.29, 0.717) is 32.3 Å². The van der Waals surface area contributed by atoms with Crippen LogP contribution in [0.3, 0.4) is 0 Å². The summed E-state index contributed by atoms with van der Waals surface area (Å²) >= 11 is 1.25. The molecule has 0 fully saturated rings. The van der Waals surface area contributed by atoms with Crippen LogP contribution in [0.2, 0.25) is 0 Å². The summed E-state index contributed by atoms with van der Waals surface area (Å²) in [6.45, 7) is 1.96. The molecule has 0 aliphatic heterocycles. The fourth-order valence-corrected chi connectivity index (χ4v) is 4.31. The third kappa shape index (κ3) is 5.02. The van der Waals surface area contributed by atoms with Gasteiger partial charge in [0.25, 0.3) is 5.91 Å². The molecule has 1 amide bonds. The highest BCUT2D eigenvalue weighted by molar-refractivity contribution is 7.16. The summed E-state index contributed by atoms with van der Waals surface area (Å²) < 4.78 is 41.2. The van der Waals surface area contributed by atoms with E-state index in [0.717, 1.165) is 17.7 Å². The van der Waals surface area contributed by atoms with Crippen LogP contribution in [-0.4, -0.2) is 20.7 Å². The molecule has 0 spiro atoms. The average molecular weight is 486 g/mol. The monoisotopic (exact) mass is 485 g/mol. The van der Waals surface area contributed by atoms with Gasteiger partial charge in [0, 0.05) is 19.8 Å². The molecule has 0 aliphatic rings. The van der Waals surface area contributed by atoms with Gasteiger partial charge in [-0.25, -0.2) is 4.98 Å². The Morgan fingerprint density at radius 2 is 1.91 bits per heavy atom. The first kappa shape index (κ1) is 23.7. The van der Waals surface area contributed by atoms with E-state index in [1.165, 1.54) is 23.6 Å². The Labute approximate surface area is 198 Å². The number of hydrogen-bond acceptors (Lipinski definition) is 5. The first-order valence-corrected chi connectivity index (χ1v) is 11.2. The maximum atomic E-state index is 13.2. The van der Waals surface area contributed by atoms with Gasteiger partial charge in [-0.1, -0.05) is 30.3 Å². The van der Waals surface area contributed by atoms with Crippen LogP contribution in [0.4, 0.5) is 13.2 Å². The molecule has 0 aliphatic carbocycles. The largest absolute Gasteiger partial charge is 0.416 e. The molecule has 0 bridgehead atoms. The summed E-state index contributed by atoms with van der Waals surface area (Å²) in [4.78, 5) is 17.4. The van der Waals surface area contributed by atoms with Crippen LogP contribution in [-0.2, 0) is 19.8 Å². The third-order valence-electron chi connectivity index (χ3n) is 5.39. The number of aryl methyl sites for hydroxylation is 1. The molecule has 0 saturated carbocycles. The van der Waals surface area contributed by atoms with Gasteiger partial charge < -0.3 is 11.1 Å². The van der Waals surface area contributed by atoms with Crippen molar-refractivity contribution in [1.82, 2.24) is 20.1 Å². The second kappa shape index (κ2) is 9.40. The molecule has 176 valence electrons. The Morgan fingerprint density at radius 1 is 1.18 bits per heavy atom. The highest BCUT2D eigenvalue weighted by Gasteiger charge is 2.31.